The van der Waals surface area contributed by atoms with Gasteiger partial charge in [-0.05, 0) is 49.4 Å². The van der Waals surface area contributed by atoms with E-state index in [2.05, 4.69) is 121 Å². The molecule has 5 rings (SSSR count). The molecule has 0 saturated carbocycles. The minimum Gasteiger partial charge on any atom is -0.214 e. The van der Waals surface area contributed by atoms with Crippen LogP contribution in [0.2, 0.25) is 0 Å². The van der Waals surface area contributed by atoms with E-state index in [-0.39, 0.29) is 35.3 Å². The smallest absolute Gasteiger partial charge is 0.214 e. The van der Waals surface area contributed by atoms with Crippen LogP contribution in [0.3, 0.4) is 0 Å². The molecule has 0 aromatic heterocycles. The first-order chi connectivity index (χ1) is 20.3. The second kappa shape index (κ2) is 18.2. The Morgan fingerprint density at radius 2 is 0.727 bits per heavy atom. The summed E-state index contributed by atoms with van der Waals surface area (Å²) >= 11 is 0. The van der Waals surface area contributed by atoms with Crippen molar-refractivity contribution >= 4 is 44.9 Å². The Bertz CT molecular complexity index is 1280. The molecular weight excluding hydrogens is 718 g/mol. The molecule has 0 spiro atoms. The fourth-order valence-corrected chi connectivity index (χ4v) is 9.12. The topological polar surface area (TPSA) is 23.8 Å². The molecular formula is C33H32F6NP3Ru. The van der Waals surface area contributed by atoms with Crippen molar-refractivity contribution in [3.05, 3.63) is 152 Å². The molecule has 0 amide bonds. The zero-order chi connectivity index (χ0) is 31.7. The SMILES string of the molecule is CC#N.F[P-](F)(F)(F)(F)F.[Ru+2].c1cc[cH-]c1.c1ccc(P(CCP(c2ccccc2)c2ccccc2)c2ccccc2)cc1. The molecule has 0 bridgehead atoms. The Labute approximate surface area is 270 Å². The van der Waals surface area contributed by atoms with Gasteiger partial charge < -0.3 is 0 Å². The van der Waals surface area contributed by atoms with E-state index in [4.69, 9.17) is 5.26 Å². The summed E-state index contributed by atoms with van der Waals surface area (Å²) < 4.78 is 59.2. The quantitative estimate of drug-likeness (QED) is 0.0703. The van der Waals surface area contributed by atoms with Crippen molar-refractivity contribution in [3.8, 4) is 6.07 Å². The largest absolute Gasteiger partial charge is 2.00 e. The molecule has 0 aliphatic rings. The third-order valence-corrected chi connectivity index (χ3v) is 10.8. The van der Waals surface area contributed by atoms with Gasteiger partial charge in [-0.3, -0.25) is 0 Å². The molecule has 0 heterocycles. The van der Waals surface area contributed by atoms with Gasteiger partial charge in [0.15, 0.2) is 0 Å². The van der Waals surface area contributed by atoms with Gasteiger partial charge in [0.05, 0.1) is 6.07 Å². The van der Waals surface area contributed by atoms with Crippen LogP contribution in [0, 0.1) is 11.3 Å². The van der Waals surface area contributed by atoms with Crippen LogP contribution in [0.25, 0.3) is 0 Å². The van der Waals surface area contributed by atoms with Gasteiger partial charge in [-0.2, -0.15) is 23.5 Å². The summed E-state index contributed by atoms with van der Waals surface area (Å²) in [4.78, 5) is 0. The number of hydrogen-bond acceptors (Lipinski definition) is 1. The maximum atomic E-state index is 9.87. The molecule has 0 fully saturated rings. The molecule has 44 heavy (non-hydrogen) atoms. The molecule has 1 nitrogen and oxygen atoms in total. The Balaban J connectivity index is 0.000000501. The standard InChI is InChI=1S/C26H24P2.C5H5.C2H3N.F6P.Ru/c1-5-13-23(14-6-1)27(24-15-7-2-8-16-24)21-22-28(25-17-9-3-10-18-25)26-19-11-4-12-20-26;1-2-4-5-3-1;1-2-3;1-7(2,3,4,5)6;/h1-20H,21-22H2;1-5H;1H3;;/q;-1;;-1;+2. The second-order valence-electron chi connectivity index (χ2n) is 8.79. The molecule has 0 saturated heterocycles. The molecule has 0 N–H and O–H groups in total. The average molecular weight is 751 g/mol. The maximum absolute atomic E-state index is 10.7. The summed E-state index contributed by atoms with van der Waals surface area (Å²) in [6.45, 7) is 1.43. The fraction of sp³-hybridized carbons (Fsp3) is 0.0909. The minimum atomic E-state index is -10.7. The number of nitrogens with zero attached hydrogens (tertiary/aromatic N) is 1. The first-order valence-corrected chi connectivity index (χ1v) is 18.2. The van der Waals surface area contributed by atoms with E-state index in [1.165, 1.54) is 40.5 Å². The minimum absolute atomic E-state index is 0. The van der Waals surface area contributed by atoms with Gasteiger partial charge in [-0.1, -0.05) is 121 Å². The molecule has 0 unspecified atom stereocenters. The average Bonchev–Trinajstić information content (AvgIpc) is 3.57. The van der Waals surface area contributed by atoms with Crippen molar-refractivity contribution < 1.29 is 44.7 Å². The van der Waals surface area contributed by atoms with Crippen LogP contribution in [0.4, 0.5) is 25.2 Å². The third kappa shape index (κ3) is 18.8. The first kappa shape index (κ1) is 39.2. The fourth-order valence-electron chi connectivity index (χ4n) is 3.77. The van der Waals surface area contributed by atoms with Crippen molar-refractivity contribution in [2.45, 2.75) is 6.92 Å². The van der Waals surface area contributed by atoms with Gasteiger partial charge in [-0.25, -0.2) is 12.1 Å². The predicted molar refractivity (Wildman–Crippen MR) is 175 cm³/mol. The van der Waals surface area contributed by atoms with Crippen molar-refractivity contribution in [1.29, 1.82) is 5.26 Å². The first-order valence-electron chi connectivity index (χ1n) is 13.1. The van der Waals surface area contributed by atoms with Crippen LogP contribution in [-0.2, 0) is 19.5 Å². The van der Waals surface area contributed by atoms with Crippen molar-refractivity contribution in [2.75, 3.05) is 12.3 Å². The number of benzene rings is 4. The third-order valence-electron chi connectivity index (χ3n) is 5.37. The molecule has 234 valence electrons. The van der Waals surface area contributed by atoms with Crippen molar-refractivity contribution in [3.63, 3.8) is 0 Å². The van der Waals surface area contributed by atoms with E-state index in [1.54, 1.807) is 6.07 Å². The number of halogens is 6. The van der Waals surface area contributed by atoms with Gasteiger partial charge in [0.2, 0.25) is 0 Å². The monoisotopic (exact) mass is 751 g/mol. The zero-order valence-corrected chi connectivity index (χ0v) is 28.2. The molecule has 0 aliphatic heterocycles. The summed E-state index contributed by atoms with van der Waals surface area (Å²) in [6, 6.07) is 56.0. The van der Waals surface area contributed by atoms with Crippen molar-refractivity contribution in [2.24, 2.45) is 0 Å². The van der Waals surface area contributed by atoms with E-state index in [0.717, 1.165) is 0 Å². The van der Waals surface area contributed by atoms with E-state index < -0.39 is 7.81 Å². The Morgan fingerprint density at radius 1 is 0.523 bits per heavy atom. The molecule has 0 aliphatic carbocycles. The Morgan fingerprint density at radius 3 is 0.886 bits per heavy atom. The molecule has 11 heteroatoms. The van der Waals surface area contributed by atoms with Crippen molar-refractivity contribution in [1.82, 2.24) is 0 Å². The van der Waals surface area contributed by atoms with E-state index in [9.17, 15) is 25.2 Å². The van der Waals surface area contributed by atoms with Crippen LogP contribution in [-0.4, -0.2) is 12.3 Å². The maximum Gasteiger partial charge on any atom is 2.00 e. The Kier molecular flexibility index (Phi) is 16.3. The summed E-state index contributed by atoms with van der Waals surface area (Å²) in [6.07, 6.45) is 2.41. The second-order valence-corrected chi connectivity index (χ2v) is 15.4. The molecule has 0 atom stereocenters. The van der Waals surface area contributed by atoms with Crippen LogP contribution in [0.15, 0.2) is 152 Å². The van der Waals surface area contributed by atoms with E-state index >= 15 is 0 Å². The number of hydrogen-bond donors (Lipinski definition) is 0. The van der Waals surface area contributed by atoms with Crippen LogP contribution >= 0.6 is 23.7 Å². The molecule has 5 aromatic rings. The predicted octanol–water partition coefficient (Wildman–Crippen LogP) is 10.6. The van der Waals surface area contributed by atoms with Crippen LogP contribution in [0.1, 0.15) is 6.92 Å². The van der Waals surface area contributed by atoms with Crippen LogP contribution < -0.4 is 21.2 Å². The number of nitriles is 1. The summed E-state index contributed by atoms with van der Waals surface area (Å²) in [5.74, 6) is 0. The summed E-state index contributed by atoms with van der Waals surface area (Å²) in [5.41, 5.74) is 0. The van der Waals surface area contributed by atoms with Gasteiger partial charge in [-0.15, -0.1) is 0 Å². The van der Waals surface area contributed by atoms with E-state index in [0.29, 0.717) is 0 Å². The normalized spacial score (nSPS) is 11.8. The van der Waals surface area contributed by atoms with Gasteiger partial charge >= 0.3 is 52.5 Å². The summed E-state index contributed by atoms with van der Waals surface area (Å²) in [5, 5.41) is 13.2. The molecule has 5 aromatic carbocycles. The zero-order valence-electron chi connectivity index (χ0n) is 23.8. The van der Waals surface area contributed by atoms with E-state index in [1.807, 2.05) is 30.3 Å². The summed E-state index contributed by atoms with van der Waals surface area (Å²) in [7, 11) is -11.4. The molecule has 0 radical (unpaired) electrons. The van der Waals surface area contributed by atoms with Gasteiger partial charge in [0.1, 0.15) is 0 Å². The van der Waals surface area contributed by atoms with Gasteiger partial charge in [0.25, 0.3) is 0 Å². The van der Waals surface area contributed by atoms with Crippen LogP contribution in [0.5, 0.6) is 0 Å². The van der Waals surface area contributed by atoms with Gasteiger partial charge in [0, 0.05) is 6.92 Å². The Hall–Kier alpha value is -2.79. The number of rotatable bonds is 7.